The molecule has 4 nitrogen and oxygen atoms in total. The summed E-state index contributed by atoms with van der Waals surface area (Å²) < 4.78 is 0. The number of nitrogens with one attached hydrogen (secondary N) is 1. The third-order valence-electron chi connectivity index (χ3n) is 5.82. The van der Waals surface area contributed by atoms with Gasteiger partial charge in [0, 0.05) is 23.2 Å². The summed E-state index contributed by atoms with van der Waals surface area (Å²) in [5.41, 5.74) is 4.43. The SMILES string of the molecule is C=N/C=C\C(=N/CNC1CC1)c1sc(C(C)(CCC)CCC)nc1-c1cccc(C)c1. The largest absolute Gasteiger partial charge is 0.296 e. The van der Waals surface area contributed by atoms with Crippen LogP contribution in [0.1, 0.15) is 74.7 Å². The average molecular weight is 437 g/mol. The molecule has 5 heteroatoms. The maximum absolute atomic E-state index is 5.25. The lowest BCUT2D eigenvalue weighted by Gasteiger charge is -2.26. The average Bonchev–Trinajstić information content (AvgIpc) is 3.46. The summed E-state index contributed by atoms with van der Waals surface area (Å²) in [5, 5.41) is 4.71. The standard InChI is InChI=1S/C26H36N4S/c1-6-14-26(4,15-7-2)25-30-23(20-10-8-9-19(3)17-20)24(31-25)22(13-16-27-5)29-18-28-21-11-12-21/h8-10,13,16-17,21,28H,5-7,11-12,14-15,18H2,1-4H3/b16-13-,29-22+. The Morgan fingerprint density at radius 1 is 1.29 bits per heavy atom. The van der Waals surface area contributed by atoms with Crippen LogP contribution < -0.4 is 5.32 Å². The van der Waals surface area contributed by atoms with Crippen molar-refractivity contribution in [3.05, 3.63) is 52.0 Å². The molecule has 0 amide bonds. The van der Waals surface area contributed by atoms with Crippen LogP contribution in [0.15, 0.2) is 46.5 Å². The first-order valence-electron chi connectivity index (χ1n) is 11.5. The molecule has 1 aromatic heterocycles. The molecule has 0 saturated heterocycles. The summed E-state index contributed by atoms with van der Waals surface area (Å²) in [6.45, 7) is 13.3. The van der Waals surface area contributed by atoms with Crippen LogP contribution in [0.5, 0.6) is 0 Å². The van der Waals surface area contributed by atoms with Gasteiger partial charge in [0.25, 0.3) is 0 Å². The fourth-order valence-electron chi connectivity index (χ4n) is 4.05. The molecule has 166 valence electrons. The van der Waals surface area contributed by atoms with Gasteiger partial charge >= 0.3 is 0 Å². The van der Waals surface area contributed by atoms with E-state index in [1.165, 1.54) is 23.4 Å². The Kier molecular flexibility index (Phi) is 8.33. The summed E-state index contributed by atoms with van der Waals surface area (Å²) in [5.74, 6) is 0. The van der Waals surface area contributed by atoms with Crippen molar-refractivity contribution in [1.29, 1.82) is 0 Å². The number of benzene rings is 1. The van der Waals surface area contributed by atoms with E-state index in [9.17, 15) is 0 Å². The predicted octanol–water partition coefficient (Wildman–Crippen LogP) is 6.69. The first kappa shape index (κ1) is 23.6. The van der Waals surface area contributed by atoms with Crippen molar-refractivity contribution in [3.63, 3.8) is 0 Å². The van der Waals surface area contributed by atoms with E-state index in [0.717, 1.165) is 47.5 Å². The van der Waals surface area contributed by atoms with Crippen LogP contribution in [0.4, 0.5) is 0 Å². The van der Waals surface area contributed by atoms with Gasteiger partial charge in [-0.1, -0.05) is 57.4 Å². The number of hydrogen-bond donors (Lipinski definition) is 1. The summed E-state index contributed by atoms with van der Waals surface area (Å²) >= 11 is 1.80. The Morgan fingerprint density at radius 3 is 2.65 bits per heavy atom. The van der Waals surface area contributed by atoms with E-state index in [2.05, 4.69) is 69.0 Å². The molecule has 1 aromatic carbocycles. The predicted molar refractivity (Wildman–Crippen MR) is 136 cm³/mol. The van der Waals surface area contributed by atoms with Crippen molar-refractivity contribution >= 4 is 23.8 Å². The molecule has 1 N–H and O–H groups in total. The summed E-state index contributed by atoms with van der Waals surface area (Å²) in [6, 6.07) is 9.23. The second-order valence-electron chi connectivity index (χ2n) is 8.81. The number of allylic oxidation sites excluding steroid dienone is 1. The quantitative estimate of drug-likeness (QED) is 0.377. The number of hydrogen-bond acceptors (Lipinski definition) is 5. The Balaban J connectivity index is 2.11. The van der Waals surface area contributed by atoms with Crippen molar-refractivity contribution in [2.75, 3.05) is 6.67 Å². The molecule has 0 spiro atoms. The van der Waals surface area contributed by atoms with E-state index in [4.69, 9.17) is 9.98 Å². The molecule has 0 unspecified atom stereocenters. The Bertz CT molecular complexity index is 931. The fourth-order valence-corrected chi connectivity index (χ4v) is 5.33. The normalized spacial score (nSPS) is 15.0. The maximum atomic E-state index is 5.25. The number of aryl methyl sites for hydroxylation is 1. The highest BCUT2D eigenvalue weighted by atomic mass is 32.1. The van der Waals surface area contributed by atoms with Crippen LogP contribution in [0.2, 0.25) is 0 Å². The molecule has 0 atom stereocenters. The maximum Gasteiger partial charge on any atom is 0.0998 e. The van der Waals surface area contributed by atoms with Crippen molar-refractivity contribution in [3.8, 4) is 11.3 Å². The van der Waals surface area contributed by atoms with Crippen LogP contribution in [-0.2, 0) is 5.41 Å². The molecule has 0 aliphatic heterocycles. The van der Waals surface area contributed by atoms with Crippen LogP contribution in [-0.4, -0.2) is 30.1 Å². The molecular formula is C26H36N4S. The van der Waals surface area contributed by atoms with Gasteiger partial charge in [-0.2, -0.15) is 0 Å². The molecule has 0 bridgehead atoms. The zero-order valence-electron chi connectivity index (χ0n) is 19.4. The van der Waals surface area contributed by atoms with Crippen molar-refractivity contribution in [2.45, 2.75) is 77.7 Å². The molecule has 1 heterocycles. The molecule has 2 aromatic rings. The van der Waals surface area contributed by atoms with Gasteiger partial charge in [0.1, 0.15) is 0 Å². The first-order valence-corrected chi connectivity index (χ1v) is 12.3. The molecule has 0 radical (unpaired) electrons. The fraction of sp³-hybridized carbons (Fsp3) is 0.500. The van der Waals surface area contributed by atoms with Crippen LogP contribution in [0.25, 0.3) is 11.3 Å². The molecule has 1 fully saturated rings. The zero-order chi connectivity index (χ0) is 22.3. The lowest BCUT2D eigenvalue weighted by atomic mass is 9.82. The van der Waals surface area contributed by atoms with E-state index in [1.54, 1.807) is 17.5 Å². The van der Waals surface area contributed by atoms with Gasteiger partial charge in [0.2, 0.25) is 0 Å². The number of rotatable bonds is 12. The summed E-state index contributed by atoms with van der Waals surface area (Å²) in [4.78, 5) is 15.2. The Morgan fingerprint density at radius 2 is 2.03 bits per heavy atom. The zero-order valence-corrected chi connectivity index (χ0v) is 20.3. The number of aromatic nitrogens is 1. The lowest BCUT2D eigenvalue weighted by Crippen LogP contribution is -2.21. The number of aliphatic imine (C=N–C) groups is 2. The van der Waals surface area contributed by atoms with Crippen molar-refractivity contribution in [2.24, 2.45) is 9.98 Å². The highest BCUT2D eigenvalue weighted by molar-refractivity contribution is 7.14. The van der Waals surface area contributed by atoms with E-state index in [0.29, 0.717) is 12.7 Å². The lowest BCUT2D eigenvalue weighted by molar-refractivity contribution is 0.390. The van der Waals surface area contributed by atoms with Crippen LogP contribution in [0.3, 0.4) is 0 Å². The van der Waals surface area contributed by atoms with E-state index in [-0.39, 0.29) is 5.41 Å². The van der Waals surface area contributed by atoms with Gasteiger partial charge in [-0.05, 0) is 51.5 Å². The van der Waals surface area contributed by atoms with Gasteiger partial charge in [0.05, 0.1) is 28.0 Å². The van der Waals surface area contributed by atoms with Crippen LogP contribution in [0, 0.1) is 6.92 Å². The van der Waals surface area contributed by atoms with Gasteiger partial charge < -0.3 is 0 Å². The monoisotopic (exact) mass is 436 g/mol. The summed E-state index contributed by atoms with van der Waals surface area (Å²) in [7, 11) is 0. The van der Waals surface area contributed by atoms with Gasteiger partial charge in [-0.3, -0.25) is 15.3 Å². The Hall–Kier alpha value is -2.11. The third-order valence-corrected chi connectivity index (χ3v) is 7.20. The molecule has 1 saturated carbocycles. The molecule has 1 aliphatic carbocycles. The Labute approximate surface area is 191 Å². The highest BCUT2D eigenvalue weighted by Crippen LogP contribution is 2.40. The number of nitrogens with zero attached hydrogens (tertiary/aromatic N) is 3. The molecule has 31 heavy (non-hydrogen) atoms. The second kappa shape index (κ2) is 11.0. The molecular weight excluding hydrogens is 400 g/mol. The van der Waals surface area contributed by atoms with Crippen molar-refractivity contribution in [1.82, 2.24) is 10.3 Å². The minimum Gasteiger partial charge on any atom is -0.296 e. The summed E-state index contributed by atoms with van der Waals surface area (Å²) in [6.07, 6.45) is 10.8. The smallest absolute Gasteiger partial charge is 0.0998 e. The minimum absolute atomic E-state index is 0.0861. The van der Waals surface area contributed by atoms with E-state index in [1.807, 2.05) is 6.08 Å². The number of thiazole rings is 1. The van der Waals surface area contributed by atoms with Crippen molar-refractivity contribution < 1.29 is 0 Å². The topological polar surface area (TPSA) is 49.6 Å². The first-order chi connectivity index (χ1) is 15.0. The van der Waals surface area contributed by atoms with Gasteiger partial charge in [-0.15, -0.1) is 11.3 Å². The van der Waals surface area contributed by atoms with E-state index < -0.39 is 0 Å². The minimum atomic E-state index is 0.0861. The third kappa shape index (κ3) is 6.20. The molecule has 1 aliphatic rings. The van der Waals surface area contributed by atoms with Crippen LogP contribution >= 0.6 is 11.3 Å². The second-order valence-corrected chi connectivity index (χ2v) is 9.80. The van der Waals surface area contributed by atoms with Gasteiger partial charge in [-0.25, -0.2) is 4.98 Å². The van der Waals surface area contributed by atoms with E-state index >= 15 is 0 Å². The molecule has 3 rings (SSSR count). The van der Waals surface area contributed by atoms with Gasteiger partial charge in [0.15, 0.2) is 0 Å². The highest BCUT2D eigenvalue weighted by Gasteiger charge is 2.31.